The molecule has 0 unspecified atom stereocenters. The predicted molar refractivity (Wildman–Crippen MR) is 144 cm³/mol. The zero-order valence-electron chi connectivity index (χ0n) is 22.1. The zero-order chi connectivity index (χ0) is 25.4. The molecule has 0 radical (unpaired) electrons. The highest BCUT2D eigenvalue weighted by molar-refractivity contribution is 5.67. The number of nitrogens with zero attached hydrogens (tertiary/aromatic N) is 2. The van der Waals surface area contributed by atoms with E-state index in [-0.39, 0.29) is 16.4 Å². The molecule has 3 aliphatic rings. The average molecular weight is 487 g/mol. The van der Waals surface area contributed by atoms with Crippen LogP contribution in [0.1, 0.15) is 71.2 Å². The fourth-order valence-electron chi connectivity index (χ4n) is 5.52. The maximum Gasteiger partial charge on any atom is 0.246 e. The van der Waals surface area contributed by atoms with Crippen LogP contribution in [0.5, 0.6) is 0 Å². The second-order valence-corrected chi connectivity index (χ2v) is 11.4. The first-order valence-corrected chi connectivity index (χ1v) is 13.0. The second kappa shape index (κ2) is 9.40. The third kappa shape index (κ3) is 4.79. The van der Waals surface area contributed by atoms with Gasteiger partial charge in [0.2, 0.25) is 5.95 Å². The van der Waals surface area contributed by atoms with Gasteiger partial charge in [-0.15, -0.1) is 5.10 Å². The molecule has 2 aromatic carbocycles. The third-order valence-electron chi connectivity index (χ3n) is 8.02. The van der Waals surface area contributed by atoms with Crippen LogP contribution in [-0.4, -0.2) is 34.5 Å². The molecule has 1 aromatic heterocycles. The molecule has 6 rings (SSSR count). The highest BCUT2D eigenvalue weighted by Crippen LogP contribution is 2.52. The minimum atomic E-state index is -0.0625. The number of fused-ring (bicyclic) bond motifs is 3. The zero-order valence-corrected chi connectivity index (χ0v) is 22.1. The number of ether oxygens (including phenoxy) is 2. The Morgan fingerprint density at radius 2 is 1.67 bits per heavy atom. The van der Waals surface area contributed by atoms with Crippen LogP contribution in [0, 0.1) is 0 Å². The number of aromatic amines is 1. The molecule has 0 amide bonds. The van der Waals surface area contributed by atoms with Gasteiger partial charge in [0.25, 0.3) is 0 Å². The van der Waals surface area contributed by atoms with E-state index in [0.717, 1.165) is 43.1 Å². The van der Waals surface area contributed by atoms with E-state index in [4.69, 9.17) is 9.47 Å². The van der Waals surface area contributed by atoms with Gasteiger partial charge in [-0.25, -0.2) is 0 Å². The van der Waals surface area contributed by atoms with Crippen molar-refractivity contribution in [2.45, 2.75) is 76.2 Å². The lowest BCUT2D eigenvalue weighted by atomic mass is 9.62. The number of H-pyrrole nitrogens is 1. The molecule has 6 heteroatoms. The minimum absolute atomic E-state index is 0.0466. The lowest BCUT2D eigenvalue weighted by Gasteiger charge is -2.53. The number of nitrogens with one attached hydrogen (secondary N) is 2. The molecule has 2 saturated heterocycles. The van der Waals surface area contributed by atoms with Crippen LogP contribution in [0.15, 0.2) is 60.4 Å². The molecular formula is C30H38N4O2. The maximum absolute atomic E-state index is 6.51. The first-order chi connectivity index (χ1) is 17.2. The van der Waals surface area contributed by atoms with Gasteiger partial charge in [-0.3, -0.25) is 5.10 Å². The largest absolute Gasteiger partial charge is 0.501 e. The summed E-state index contributed by atoms with van der Waals surface area (Å²) in [5.41, 5.74) is 4.80. The van der Waals surface area contributed by atoms with Gasteiger partial charge in [0.1, 0.15) is 5.82 Å². The van der Waals surface area contributed by atoms with E-state index in [1.54, 1.807) is 7.11 Å². The van der Waals surface area contributed by atoms with Crippen molar-refractivity contribution in [2.24, 2.45) is 0 Å². The summed E-state index contributed by atoms with van der Waals surface area (Å²) in [6.45, 7) is 9.18. The molecule has 3 heterocycles. The van der Waals surface area contributed by atoms with Crippen LogP contribution in [-0.2, 0) is 20.3 Å². The molecule has 2 N–H and O–H groups in total. The van der Waals surface area contributed by atoms with Crippen LogP contribution in [0.3, 0.4) is 0 Å². The second-order valence-electron chi connectivity index (χ2n) is 11.4. The van der Waals surface area contributed by atoms with Crippen molar-refractivity contribution in [3.63, 3.8) is 0 Å². The van der Waals surface area contributed by atoms with Gasteiger partial charge >= 0.3 is 0 Å². The maximum atomic E-state index is 6.51. The summed E-state index contributed by atoms with van der Waals surface area (Å²) < 4.78 is 12.0. The van der Waals surface area contributed by atoms with E-state index in [2.05, 4.69) is 95.9 Å². The van der Waals surface area contributed by atoms with Crippen molar-refractivity contribution in [1.82, 2.24) is 15.2 Å². The molecule has 3 aromatic rings. The smallest absolute Gasteiger partial charge is 0.246 e. The number of rotatable bonds is 7. The Kier molecular flexibility index (Phi) is 6.41. The molecule has 1 aliphatic carbocycles. The molecule has 2 aliphatic heterocycles. The van der Waals surface area contributed by atoms with Crippen LogP contribution in [0.2, 0.25) is 0 Å². The number of anilines is 2. The first kappa shape index (κ1) is 24.6. The van der Waals surface area contributed by atoms with Crippen LogP contribution < -0.4 is 5.32 Å². The van der Waals surface area contributed by atoms with E-state index in [1.165, 1.54) is 29.5 Å². The molecule has 36 heavy (non-hydrogen) atoms. The van der Waals surface area contributed by atoms with Gasteiger partial charge in [0, 0.05) is 22.9 Å². The van der Waals surface area contributed by atoms with Gasteiger partial charge in [0.05, 0.1) is 25.1 Å². The Labute approximate surface area is 214 Å². The molecular weight excluding hydrogens is 448 g/mol. The number of methoxy groups -OCH3 is 1. The fourth-order valence-corrected chi connectivity index (χ4v) is 5.52. The van der Waals surface area contributed by atoms with E-state index in [1.807, 2.05) is 6.92 Å². The summed E-state index contributed by atoms with van der Waals surface area (Å²) in [5, 5.41) is 10.6. The first-order valence-electron chi connectivity index (χ1n) is 13.0. The van der Waals surface area contributed by atoms with Crippen molar-refractivity contribution >= 4 is 11.6 Å². The summed E-state index contributed by atoms with van der Waals surface area (Å²) in [5.74, 6) is 2.49. The van der Waals surface area contributed by atoms with Gasteiger partial charge in [-0.05, 0) is 67.5 Å². The molecule has 0 atom stereocenters. The number of hydrogen-bond donors (Lipinski definition) is 2. The van der Waals surface area contributed by atoms with Gasteiger partial charge in [-0.2, -0.15) is 4.98 Å². The topological polar surface area (TPSA) is 72.1 Å². The van der Waals surface area contributed by atoms with Crippen LogP contribution >= 0.6 is 0 Å². The Morgan fingerprint density at radius 1 is 1.03 bits per heavy atom. The summed E-state index contributed by atoms with van der Waals surface area (Å²) in [6, 6.07) is 17.5. The van der Waals surface area contributed by atoms with Gasteiger partial charge in [0.15, 0.2) is 0 Å². The van der Waals surface area contributed by atoms with Crippen molar-refractivity contribution < 1.29 is 9.47 Å². The molecule has 3 fully saturated rings. The average Bonchev–Trinajstić information content (AvgIpc) is 3.38. The fraction of sp³-hybridized carbons (Fsp3) is 0.467. The summed E-state index contributed by atoms with van der Waals surface area (Å²) in [4.78, 5) is 4.56. The summed E-state index contributed by atoms with van der Waals surface area (Å²) in [6.07, 6.45) is 7.47. The molecule has 190 valence electrons. The Hall–Kier alpha value is -3.12. The number of allylic oxidation sites excluding steroid dienone is 1. The lowest BCUT2D eigenvalue weighted by Crippen LogP contribution is -2.53. The Morgan fingerprint density at radius 3 is 2.17 bits per heavy atom. The van der Waals surface area contributed by atoms with Crippen LogP contribution in [0.4, 0.5) is 11.6 Å². The van der Waals surface area contributed by atoms with E-state index < -0.39 is 0 Å². The van der Waals surface area contributed by atoms with E-state index >= 15 is 0 Å². The highest BCUT2D eigenvalue weighted by atomic mass is 16.5. The van der Waals surface area contributed by atoms with Gasteiger partial charge < -0.3 is 14.8 Å². The normalized spacial score (nSPS) is 24.1. The van der Waals surface area contributed by atoms with Crippen molar-refractivity contribution in [1.29, 1.82) is 0 Å². The van der Waals surface area contributed by atoms with Crippen molar-refractivity contribution in [3.05, 3.63) is 71.8 Å². The number of benzene rings is 2. The molecule has 2 bridgehead atoms. The SMILES string of the molecule is CC=C(CC12CCC(c3ccc(-c4ccc(Nc5n[nH]c(C(C)(C)C)n5)cc4)cc3)(CC1)CO2)OC. The number of aromatic nitrogens is 3. The summed E-state index contributed by atoms with van der Waals surface area (Å²) >= 11 is 0. The minimum Gasteiger partial charge on any atom is -0.501 e. The Bertz CT molecular complexity index is 1190. The van der Waals surface area contributed by atoms with Crippen LogP contribution in [0.25, 0.3) is 11.1 Å². The molecule has 6 nitrogen and oxygen atoms in total. The highest BCUT2D eigenvalue weighted by Gasteiger charge is 2.50. The van der Waals surface area contributed by atoms with Crippen molar-refractivity contribution in [3.8, 4) is 11.1 Å². The quantitative estimate of drug-likeness (QED) is 0.351. The van der Waals surface area contributed by atoms with E-state index in [9.17, 15) is 0 Å². The predicted octanol–water partition coefficient (Wildman–Crippen LogP) is 7.03. The Balaban J connectivity index is 1.24. The molecule has 1 saturated carbocycles. The van der Waals surface area contributed by atoms with Gasteiger partial charge in [-0.1, -0.05) is 57.2 Å². The van der Waals surface area contributed by atoms with E-state index in [0.29, 0.717) is 5.95 Å². The van der Waals surface area contributed by atoms with Crippen molar-refractivity contribution in [2.75, 3.05) is 19.0 Å². The standard InChI is InChI=1S/C30H38N4O2/c1-6-25(35-5)19-30-17-15-29(16-18-30,20-36-30)23-11-7-21(8-12-23)22-9-13-24(14-10-22)31-27-32-26(33-34-27)28(2,3)4/h6-14H,15-20H2,1-5H3,(H2,31,32,33,34). The number of hydrogen-bond acceptors (Lipinski definition) is 5. The molecule has 0 spiro atoms. The monoisotopic (exact) mass is 486 g/mol. The lowest BCUT2D eigenvalue weighted by molar-refractivity contribution is -0.159. The third-order valence-corrected chi connectivity index (χ3v) is 8.02. The summed E-state index contributed by atoms with van der Waals surface area (Å²) in [7, 11) is 1.76.